The largest absolute Gasteiger partial charge is 0.385 e. The van der Waals surface area contributed by atoms with Gasteiger partial charge in [0, 0.05) is 44.3 Å². The molecular formula is C21H30FN3O. The van der Waals surface area contributed by atoms with Crippen molar-refractivity contribution in [2.45, 2.75) is 57.7 Å². The van der Waals surface area contributed by atoms with Crippen LogP contribution in [-0.4, -0.2) is 47.0 Å². The molecule has 3 atom stereocenters. The van der Waals surface area contributed by atoms with E-state index < -0.39 is 0 Å². The first-order valence-corrected chi connectivity index (χ1v) is 9.99. The number of fused-ring (bicyclic) bond motifs is 3. The van der Waals surface area contributed by atoms with Crippen LogP contribution in [0.3, 0.4) is 0 Å². The summed E-state index contributed by atoms with van der Waals surface area (Å²) in [6.45, 7) is 5.14. The van der Waals surface area contributed by atoms with Gasteiger partial charge in [-0.05, 0) is 62.1 Å². The molecule has 2 aliphatic rings. The van der Waals surface area contributed by atoms with E-state index in [1.807, 2.05) is 16.9 Å². The summed E-state index contributed by atoms with van der Waals surface area (Å²) in [5.41, 5.74) is 0.901. The summed E-state index contributed by atoms with van der Waals surface area (Å²) in [5, 5.41) is 5.50. The Hall–Kier alpha value is -1.46. The molecule has 3 heterocycles. The Kier molecular flexibility index (Phi) is 5.28. The standard InChI is InChI=1S/C21H30FN3O/c1-15(14-25-21-11-18(22)4-3-17(21)12-23-25)13-24-19-5-6-20(24)10-16(9-19)7-8-26-2/h3-4,11-12,15-16,19-20H,5-10,13-14H2,1-2H3/t15-,19+,20+/m1/s1. The molecule has 0 aliphatic carbocycles. The molecule has 2 aromatic rings. The molecule has 2 fully saturated rings. The molecule has 0 unspecified atom stereocenters. The summed E-state index contributed by atoms with van der Waals surface area (Å²) in [4.78, 5) is 2.75. The molecule has 1 aromatic carbocycles. The lowest BCUT2D eigenvalue weighted by Crippen LogP contribution is -2.45. The summed E-state index contributed by atoms with van der Waals surface area (Å²) in [6.07, 6.45) is 8.38. The molecule has 26 heavy (non-hydrogen) atoms. The Morgan fingerprint density at radius 1 is 1.23 bits per heavy atom. The lowest BCUT2D eigenvalue weighted by Gasteiger charge is -2.40. The van der Waals surface area contributed by atoms with Gasteiger partial charge in [0.05, 0.1) is 11.7 Å². The van der Waals surface area contributed by atoms with Crippen molar-refractivity contribution in [1.82, 2.24) is 14.7 Å². The first-order chi connectivity index (χ1) is 12.6. The highest BCUT2D eigenvalue weighted by atomic mass is 19.1. The van der Waals surface area contributed by atoms with Crippen LogP contribution in [0, 0.1) is 17.7 Å². The third kappa shape index (κ3) is 3.65. The number of rotatable bonds is 7. The van der Waals surface area contributed by atoms with Gasteiger partial charge >= 0.3 is 0 Å². The second kappa shape index (κ2) is 7.65. The molecule has 0 N–H and O–H groups in total. The second-order valence-electron chi connectivity index (χ2n) is 8.34. The molecule has 4 rings (SSSR count). The molecule has 1 aromatic heterocycles. The fourth-order valence-corrected chi connectivity index (χ4v) is 5.11. The molecular weight excluding hydrogens is 329 g/mol. The number of methoxy groups -OCH3 is 1. The van der Waals surface area contributed by atoms with Crippen molar-refractivity contribution >= 4 is 10.9 Å². The Labute approximate surface area is 155 Å². The Morgan fingerprint density at radius 3 is 2.73 bits per heavy atom. The average molecular weight is 359 g/mol. The van der Waals surface area contributed by atoms with Crippen LogP contribution in [0.25, 0.3) is 10.9 Å². The van der Waals surface area contributed by atoms with Crippen LogP contribution < -0.4 is 0 Å². The van der Waals surface area contributed by atoms with Crippen LogP contribution in [0.1, 0.15) is 39.0 Å². The molecule has 0 amide bonds. The van der Waals surface area contributed by atoms with Crippen molar-refractivity contribution < 1.29 is 9.13 Å². The van der Waals surface area contributed by atoms with E-state index in [1.54, 1.807) is 13.2 Å². The van der Waals surface area contributed by atoms with Gasteiger partial charge in [-0.15, -0.1) is 0 Å². The molecule has 2 bridgehead atoms. The topological polar surface area (TPSA) is 30.3 Å². The van der Waals surface area contributed by atoms with Crippen molar-refractivity contribution in [3.63, 3.8) is 0 Å². The number of nitrogens with zero attached hydrogens (tertiary/aromatic N) is 3. The molecule has 2 saturated heterocycles. The van der Waals surface area contributed by atoms with E-state index in [9.17, 15) is 4.39 Å². The summed E-state index contributed by atoms with van der Waals surface area (Å²) >= 11 is 0. The lowest BCUT2D eigenvalue weighted by atomic mass is 9.88. The van der Waals surface area contributed by atoms with E-state index in [4.69, 9.17) is 4.74 Å². The summed E-state index contributed by atoms with van der Waals surface area (Å²) in [6, 6.07) is 6.39. The minimum Gasteiger partial charge on any atom is -0.385 e. The van der Waals surface area contributed by atoms with Crippen LogP contribution in [0.4, 0.5) is 4.39 Å². The van der Waals surface area contributed by atoms with Gasteiger partial charge in [0.15, 0.2) is 0 Å². The summed E-state index contributed by atoms with van der Waals surface area (Å²) < 4.78 is 20.8. The number of halogens is 1. The van der Waals surface area contributed by atoms with E-state index in [2.05, 4.69) is 16.9 Å². The maximum Gasteiger partial charge on any atom is 0.125 e. The quantitative estimate of drug-likeness (QED) is 0.746. The van der Waals surface area contributed by atoms with Gasteiger partial charge in [-0.1, -0.05) is 6.92 Å². The molecule has 5 heteroatoms. The minimum absolute atomic E-state index is 0.192. The Bertz CT molecular complexity index is 732. The van der Waals surface area contributed by atoms with E-state index in [1.165, 1.54) is 38.2 Å². The third-order valence-electron chi connectivity index (χ3n) is 6.33. The molecule has 0 spiro atoms. The second-order valence-corrected chi connectivity index (χ2v) is 8.34. The molecule has 2 aliphatic heterocycles. The van der Waals surface area contributed by atoms with Crippen LogP contribution >= 0.6 is 0 Å². The number of piperidine rings is 1. The molecule has 142 valence electrons. The predicted molar refractivity (Wildman–Crippen MR) is 102 cm³/mol. The Balaban J connectivity index is 1.38. The summed E-state index contributed by atoms with van der Waals surface area (Å²) in [5.74, 6) is 1.14. The molecule has 4 nitrogen and oxygen atoms in total. The highest BCUT2D eigenvalue weighted by Gasteiger charge is 2.40. The van der Waals surface area contributed by atoms with E-state index in [0.29, 0.717) is 5.92 Å². The first-order valence-electron chi connectivity index (χ1n) is 9.99. The van der Waals surface area contributed by atoms with Gasteiger partial charge < -0.3 is 4.74 Å². The number of benzene rings is 1. The molecule has 0 radical (unpaired) electrons. The van der Waals surface area contributed by atoms with E-state index in [0.717, 1.165) is 48.6 Å². The highest BCUT2D eigenvalue weighted by molar-refractivity contribution is 5.78. The minimum atomic E-state index is -0.192. The first kappa shape index (κ1) is 17.9. The van der Waals surface area contributed by atoms with Gasteiger partial charge in [0.1, 0.15) is 5.82 Å². The van der Waals surface area contributed by atoms with Gasteiger partial charge in [-0.3, -0.25) is 9.58 Å². The SMILES string of the molecule is COCCC1C[C@@H]2CC[C@@H](C1)N2C[C@@H](C)Cn1ncc2ccc(F)cc21. The fourth-order valence-electron chi connectivity index (χ4n) is 5.11. The highest BCUT2D eigenvalue weighted by Crippen LogP contribution is 2.40. The van der Waals surface area contributed by atoms with Gasteiger partial charge in [0.2, 0.25) is 0 Å². The Morgan fingerprint density at radius 2 is 2.00 bits per heavy atom. The van der Waals surface area contributed by atoms with Crippen LogP contribution in [0.5, 0.6) is 0 Å². The van der Waals surface area contributed by atoms with Crippen molar-refractivity contribution in [3.05, 3.63) is 30.2 Å². The zero-order valence-corrected chi connectivity index (χ0v) is 15.9. The average Bonchev–Trinajstić information content (AvgIpc) is 3.10. The van der Waals surface area contributed by atoms with Crippen LogP contribution in [0.15, 0.2) is 24.4 Å². The normalized spacial score (nSPS) is 27.3. The number of ether oxygens (including phenoxy) is 1. The van der Waals surface area contributed by atoms with Gasteiger partial charge in [-0.2, -0.15) is 5.10 Å². The maximum absolute atomic E-state index is 13.6. The number of aromatic nitrogens is 2. The van der Waals surface area contributed by atoms with Crippen molar-refractivity contribution in [2.24, 2.45) is 11.8 Å². The van der Waals surface area contributed by atoms with Crippen molar-refractivity contribution in [2.75, 3.05) is 20.3 Å². The zero-order chi connectivity index (χ0) is 18.1. The van der Waals surface area contributed by atoms with Crippen LogP contribution in [0.2, 0.25) is 0 Å². The van der Waals surface area contributed by atoms with Crippen molar-refractivity contribution in [3.8, 4) is 0 Å². The molecule has 0 saturated carbocycles. The van der Waals surface area contributed by atoms with Gasteiger partial charge in [-0.25, -0.2) is 4.39 Å². The summed E-state index contributed by atoms with van der Waals surface area (Å²) in [7, 11) is 1.80. The fraction of sp³-hybridized carbons (Fsp3) is 0.667. The number of hydrogen-bond acceptors (Lipinski definition) is 3. The monoisotopic (exact) mass is 359 g/mol. The van der Waals surface area contributed by atoms with E-state index >= 15 is 0 Å². The number of hydrogen-bond donors (Lipinski definition) is 0. The predicted octanol–water partition coefficient (Wildman–Crippen LogP) is 4.09. The maximum atomic E-state index is 13.6. The smallest absolute Gasteiger partial charge is 0.125 e. The third-order valence-corrected chi connectivity index (χ3v) is 6.33. The van der Waals surface area contributed by atoms with E-state index in [-0.39, 0.29) is 5.82 Å². The van der Waals surface area contributed by atoms with Gasteiger partial charge in [0.25, 0.3) is 0 Å². The lowest BCUT2D eigenvalue weighted by molar-refractivity contribution is 0.0700. The van der Waals surface area contributed by atoms with Crippen molar-refractivity contribution in [1.29, 1.82) is 0 Å². The van der Waals surface area contributed by atoms with Crippen LogP contribution in [-0.2, 0) is 11.3 Å². The zero-order valence-electron chi connectivity index (χ0n) is 15.9.